The molecule has 4 nitrogen and oxygen atoms in total. The number of benzene rings is 2. The van der Waals surface area contributed by atoms with Crippen LogP contribution in [0.2, 0.25) is 0 Å². The quantitative estimate of drug-likeness (QED) is 0.642. The molecule has 144 valence electrons. The highest BCUT2D eigenvalue weighted by Crippen LogP contribution is 2.38. The van der Waals surface area contributed by atoms with Crippen molar-refractivity contribution in [2.45, 2.75) is 24.3 Å². The van der Waals surface area contributed by atoms with Gasteiger partial charge in [-0.3, -0.25) is 4.79 Å². The van der Waals surface area contributed by atoms with E-state index >= 15 is 0 Å². The van der Waals surface area contributed by atoms with Gasteiger partial charge in [0.2, 0.25) is 0 Å². The first-order valence-corrected chi connectivity index (χ1v) is 11.8. The number of carbonyl (C=O) groups is 1. The highest BCUT2D eigenvalue weighted by atomic mass is 32.2. The Bertz CT molecular complexity index is 1090. The van der Waals surface area contributed by atoms with Gasteiger partial charge in [-0.2, -0.15) is 0 Å². The Morgan fingerprint density at radius 2 is 1.79 bits per heavy atom. The summed E-state index contributed by atoms with van der Waals surface area (Å²) in [4.78, 5) is 16.8. The van der Waals surface area contributed by atoms with Crippen LogP contribution < -0.4 is 0 Å². The third kappa shape index (κ3) is 3.38. The predicted octanol–water partition coefficient (Wildman–Crippen LogP) is 4.33. The summed E-state index contributed by atoms with van der Waals surface area (Å²) < 4.78 is 24.1. The van der Waals surface area contributed by atoms with E-state index in [0.29, 0.717) is 12.1 Å². The summed E-state index contributed by atoms with van der Waals surface area (Å²) in [5.74, 6) is -0.0326. The van der Waals surface area contributed by atoms with Crippen LogP contribution in [-0.2, 0) is 16.3 Å². The zero-order valence-corrected chi connectivity index (χ0v) is 17.2. The number of thiophene rings is 1. The van der Waals surface area contributed by atoms with E-state index in [1.807, 2.05) is 23.1 Å². The van der Waals surface area contributed by atoms with Crippen LogP contribution in [0.15, 0.2) is 70.9 Å². The third-order valence-electron chi connectivity index (χ3n) is 5.18. The molecule has 1 aliphatic rings. The highest BCUT2D eigenvalue weighted by molar-refractivity contribution is 7.91. The summed E-state index contributed by atoms with van der Waals surface area (Å²) in [6, 6.07) is 18.3. The fourth-order valence-corrected chi connectivity index (χ4v) is 5.46. The van der Waals surface area contributed by atoms with Gasteiger partial charge in [0, 0.05) is 17.0 Å². The van der Waals surface area contributed by atoms with E-state index in [0.717, 1.165) is 12.0 Å². The molecule has 0 bridgehead atoms. The van der Waals surface area contributed by atoms with Crippen molar-refractivity contribution in [1.82, 2.24) is 4.90 Å². The Morgan fingerprint density at radius 1 is 1.07 bits per heavy atom. The maximum absolute atomic E-state index is 13.3. The lowest BCUT2D eigenvalue weighted by atomic mass is 9.92. The zero-order chi connectivity index (χ0) is 19.7. The minimum absolute atomic E-state index is 0.0451. The van der Waals surface area contributed by atoms with Crippen LogP contribution >= 0.6 is 11.3 Å². The van der Waals surface area contributed by atoms with E-state index in [1.165, 1.54) is 22.6 Å². The highest BCUT2D eigenvalue weighted by Gasteiger charge is 2.33. The molecule has 1 unspecified atom stereocenters. The number of hydrogen-bond donors (Lipinski definition) is 0. The molecule has 2 aromatic carbocycles. The van der Waals surface area contributed by atoms with Gasteiger partial charge < -0.3 is 4.90 Å². The molecule has 4 rings (SSSR count). The molecule has 2 heterocycles. The molecule has 1 atom stereocenters. The lowest BCUT2D eigenvalue weighted by Crippen LogP contribution is -2.40. The topological polar surface area (TPSA) is 54.5 Å². The van der Waals surface area contributed by atoms with Gasteiger partial charge in [-0.15, -0.1) is 11.3 Å². The zero-order valence-electron chi connectivity index (χ0n) is 15.5. The number of amides is 1. The number of rotatable bonds is 4. The molecule has 0 N–H and O–H groups in total. The van der Waals surface area contributed by atoms with Crippen LogP contribution in [0.25, 0.3) is 0 Å². The van der Waals surface area contributed by atoms with Crippen molar-refractivity contribution in [2.75, 3.05) is 12.3 Å². The molecule has 1 aliphatic heterocycles. The van der Waals surface area contributed by atoms with Crippen molar-refractivity contribution in [3.05, 3.63) is 87.6 Å². The molecule has 0 spiro atoms. The molecule has 3 aromatic rings. The molecule has 1 aromatic heterocycles. The van der Waals surface area contributed by atoms with Gasteiger partial charge in [0.15, 0.2) is 9.84 Å². The number of nitrogens with zero attached hydrogens (tertiary/aromatic N) is 1. The number of fused-ring (bicyclic) bond motifs is 1. The summed E-state index contributed by atoms with van der Waals surface area (Å²) in [5.41, 5.74) is 2.77. The molecule has 6 heteroatoms. The van der Waals surface area contributed by atoms with Gasteiger partial charge >= 0.3 is 0 Å². The van der Waals surface area contributed by atoms with Gasteiger partial charge in [-0.05, 0) is 53.3 Å². The van der Waals surface area contributed by atoms with Crippen LogP contribution in [0.3, 0.4) is 0 Å². The summed E-state index contributed by atoms with van der Waals surface area (Å²) in [7, 11) is -3.28. The summed E-state index contributed by atoms with van der Waals surface area (Å²) in [6.45, 7) is 2.26. The Hall–Kier alpha value is -2.44. The van der Waals surface area contributed by atoms with Gasteiger partial charge in [-0.1, -0.05) is 37.3 Å². The van der Waals surface area contributed by atoms with Crippen molar-refractivity contribution >= 4 is 27.1 Å². The van der Waals surface area contributed by atoms with Crippen molar-refractivity contribution in [3.8, 4) is 0 Å². The standard InChI is InChI=1S/C22H21NO3S2/c1-2-28(25,26)18-10-8-17(9-11-18)22(24)23-14-12-20-19(13-15-27-20)21(23)16-6-4-3-5-7-16/h3-11,13,15,21H,2,12,14H2,1H3. The monoisotopic (exact) mass is 411 g/mol. The summed E-state index contributed by atoms with van der Waals surface area (Å²) in [6.07, 6.45) is 0.838. The molecule has 0 saturated carbocycles. The van der Waals surface area contributed by atoms with E-state index in [1.54, 1.807) is 30.4 Å². The second-order valence-electron chi connectivity index (χ2n) is 6.79. The average molecular weight is 412 g/mol. The fourth-order valence-electron chi connectivity index (χ4n) is 3.67. The molecular weight excluding hydrogens is 390 g/mol. The van der Waals surface area contributed by atoms with E-state index in [-0.39, 0.29) is 22.6 Å². The van der Waals surface area contributed by atoms with Crippen molar-refractivity contribution in [3.63, 3.8) is 0 Å². The van der Waals surface area contributed by atoms with Crippen LogP contribution in [0.1, 0.15) is 39.3 Å². The minimum Gasteiger partial charge on any atom is -0.327 e. The van der Waals surface area contributed by atoms with Gasteiger partial charge in [0.25, 0.3) is 5.91 Å². The molecule has 0 saturated heterocycles. The first-order chi connectivity index (χ1) is 13.5. The van der Waals surface area contributed by atoms with Gasteiger partial charge in [-0.25, -0.2) is 8.42 Å². The average Bonchev–Trinajstić information content (AvgIpc) is 3.22. The molecule has 1 amide bonds. The molecule has 0 radical (unpaired) electrons. The molecule has 0 aliphatic carbocycles. The van der Waals surface area contributed by atoms with Crippen LogP contribution in [0.5, 0.6) is 0 Å². The van der Waals surface area contributed by atoms with Crippen LogP contribution in [0.4, 0.5) is 0 Å². The second-order valence-corrected chi connectivity index (χ2v) is 10.1. The second kappa shape index (κ2) is 7.53. The van der Waals surface area contributed by atoms with E-state index in [4.69, 9.17) is 0 Å². The van der Waals surface area contributed by atoms with E-state index < -0.39 is 9.84 Å². The van der Waals surface area contributed by atoms with Crippen molar-refractivity contribution in [2.24, 2.45) is 0 Å². The van der Waals surface area contributed by atoms with Crippen molar-refractivity contribution in [1.29, 1.82) is 0 Å². The predicted molar refractivity (Wildman–Crippen MR) is 112 cm³/mol. The first-order valence-electron chi connectivity index (χ1n) is 9.26. The van der Waals surface area contributed by atoms with Gasteiger partial charge in [0.1, 0.15) is 0 Å². The number of carbonyl (C=O) groups excluding carboxylic acids is 1. The number of hydrogen-bond acceptors (Lipinski definition) is 4. The summed E-state index contributed by atoms with van der Waals surface area (Å²) in [5, 5.41) is 2.08. The number of sulfone groups is 1. The SMILES string of the molecule is CCS(=O)(=O)c1ccc(C(=O)N2CCc3sccc3C2c2ccccc2)cc1. The van der Waals surface area contributed by atoms with Gasteiger partial charge in [0.05, 0.1) is 16.7 Å². The van der Waals surface area contributed by atoms with Crippen molar-refractivity contribution < 1.29 is 13.2 Å². The fraction of sp³-hybridized carbons (Fsp3) is 0.227. The normalized spacial score (nSPS) is 16.6. The summed E-state index contributed by atoms with van der Waals surface area (Å²) >= 11 is 1.74. The lowest BCUT2D eigenvalue weighted by Gasteiger charge is -2.36. The first kappa shape index (κ1) is 18.9. The van der Waals surface area contributed by atoms with Crippen LogP contribution in [0, 0.1) is 0 Å². The Balaban J connectivity index is 1.70. The minimum atomic E-state index is -3.28. The maximum atomic E-state index is 13.3. The van der Waals surface area contributed by atoms with E-state index in [2.05, 4.69) is 23.6 Å². The smallest absolute Gasteiger partial charge is 0.254 e. The Morgan fingerprint density at radius 3 is 2.46 bits per heavy atom. The van der Waals surface area contributed by atoms with E-state index in [9.17, 15) is 13.2 Å². The molecule has 28 heavy (non-hydrogen) atoms. The molecule has 0 fully saturated rings. The Labute approximate surface area is 169 Å². The Kier molecular flexibility index (Phi) is 5.08. The largest absolute Gasteiger partial charge is 0.327 e. The lowest BCUT2D eigenvalue weighted by molar-refractivity contribution is 0.0696. The molecular formula is C22H21NO3S2. The van der Waals surface area contributed by atoms with Crippen LogP contribution in [-0.4, -0.2) is 31.5 Å². The maximum Gasteiger partial charge on any atom is 0.254 e. The third-order valence-corrected chi connectivity index (χ3v) is 7.93.